The number of anilines is 3. The van der Waals surface area contributed by atoms with Crippen LogP contribution in [-0.4, -0.2) is 20.1 Å². The van der Waals surface area contributed by atoms with E-state index in [0.717, 1.165) is 50.0 Å². The molecule has 0 saturated carbocycles. The molecule has 12 rings (SSSR count). The minimum absolute atomic E-state index is 0.474. The Bertz CT molecular complexity index is 2870. The largest absolute Gasteiger partial charge is 0.353 e. The predicted molar refractivity (Wildman–Crippen MR) is 208 cm³/mol. The normalized spacial score (nSPS) is 13.8. The zero-order chi connectivity index (χ0) is 34.7. The second-order valence-corrected chi connectivity index (χ2v) is 13.8. The topological polar surface area (TPSA) is 67.9 Å². The number of aromatic nitrogens is 4. The van der Waals surface area contributed by atoms with Gasteiger partial charge in [-0.05, 0) is 56.6 Å². The van der Waals surface area contributed by atoms with Gasteiger partial charge in [0.1, 0.15) is 0 Å². The van der Waals surface area contributed by atoms with E-state index < -0.39 is 5.41 Å². The monoisotopic (exact) mass is 677 g/mol. The smallest absolute Gasteiger partial charge is 0.240 e. The van der Waals surface area contributed by atoms with Crippen LogP contribution < -0.4 is 4.90 Å². The summed E-state index contributed by atoms with van der Waals surface area (Å²) in [5.74, 6) is 2.30. The van der Waals surface area contributed by atoms with Crippen molar-refractivity contribution in [2.24, 2.45) is 0 Å². The second kappa shape index (κ2) is 10.4. The molecule has 53 heavy (non-hydrogen) atoms. The van der Waals surface area contributed by atoms with Crippen LogP contribution in [0.4, 0.5) is 17.5 Å². The molecule has 3 heterocycles. The molecule has 6 heteroatoms. The Morgan fingerprint density at radius 1 is 0.453 bits per heavy atom. The van der Waals surface area contributed by atoms with Crippen molar-refractivity contribution < 1.29 is 4.52 Å². The summed E-state index contributed by atoms with van der Waals surface area (Å²) >= 11 is 0. The van der Waals surface area contributed by atoms with Gasteiger partial charge in [-0.1, -0.05) is 157 Å². The van der Waals surface area contributed by atoms with E-state index in [4.69, 9.17) is 24.6 Å². The highest BCUT2D eigenvalue weighted by Gasteiger charge is 2.53. The van der Waals surface area contributed by atoms with Crippen molar-refractivity contribution in [3.05, 3.63) is 186 Å². The van der Waals surface area contributed by atoms with Gasteiger partial charge in [0.15, 0.2) is 23.0 Å². The Hall–Kier alpha value is -7.18. The summed E-state index contributed by atoms with van der Waals surface area (Å²) in [4.78, 5) is 17.3. The maximum absolute atomic E-state index is 6.59. The van der Waals surface area contributed by atoms with E-state index in [9.17, 15) is 0 Å². The van der Waals surface area contributed by atoms with Gasteiger partial charge in [-0.2, -0.15) is 9.97 Å². The number of benzene rings is 7. The average Bonchev–Trinajstić information content (AvgIpc) is 3.89. The van der Waals surface area contributed by atoms with Crippen molar-refractivity contribution in [1.29, 1.82) is 0 Å². The van der Waals surface area contributed by atoms with Gasteiger partial charge in [-0.25, -0.2) is 4.98 Å². The lowest BCUT2D eigenvalue weighted by Gasteiger charge is -2.32. The summed E-state index contributed by atoms with van der Waals surface area (Å²) in [6.45, 7) is 0. The predicted octanol–water partition coefficient (Wildman–Crippen LogP) is 11.1. The molecule has 6 nitrogen and oxygen atoms in total. The summed E-state index contributed by atoms with van der Waals surface area (Å²) < 4.78 is 6.59. The molecule has 0 bridgehead atoms. The van der Waals surface area contributed by atoms with Crippen molar-refractivity contribution in [3.63, 3.8) is 0 Å². The van der Waals surface area contributed by atoms with Crippen LogP contribution in [-0.2, 0) is 5.41 Å². The number of para-hydroxylation sites is 1. The second-order valence-electron chi connectivity index (χ2n) is 13.8. The SMILES string of the molecule is c1ccc(-c2nc(-c3ccccc3)nc(N3c4ccccc4-c4cc5c(c6onc3c46)-c3ccccc3C53c4ccccc4-c4ccccc43)n2)cc1. The summed E-state index contributed by atoms with van der Waals surface area (Å²) in [5, 5.41) is 5.83. The van der Waals surface area contributed by atoms with Crippen LogP contribution in [0.2, 0.25) is 0 Å². The van der Waals surface area contributed by atoms with Crippen LogP contribution >= 0.6 is 0 Å². The van der Waals surface area contributed by atoms with E-state index in [1.54, 1.807) is 0 Å². The maximum Gasteiger partial charge on any atom is 0.240 e. The highest BCUT2D eigenvalue weighted by atomic mass is 16.5. The van der Waals surface area contributed by atoms with Crippen LogP contribution in [0.15, 0.2) is 168 Å². The molecule has 1 spiro atoms. The van der Waals surface area contributed by atoms with Gasteiger partial charge in [-0.3, -0.25) is 4.90 Å². The molecule has 0 atom stereocenters. The molecule has 9 aromatic rings. The highest BCUT2D eigenvalue weighted by Crippen LogP contribution is 2.65. The summed E-state index contributed by atoms with van der Waals surface area (Å²) in [5.41, 5.74) is 14.9. The Morgan fingerprint density at radius 2 is 0.962 bits per heavy atom. The van der Waals surface area contributed by atoms with Crippen LogP contribution in [0.3, 0.4) is 0 Å². The van der Waals surface area contributed by atoms with Gasteiger partial charge >= 0.3 is 0 Å². The van der Waals surface area contributed by atoms with E-state index >= 15 is 0 Å². The third-order valence-corrected chi connectivity index (χ3v) is 11.2. The summed E-state index contributed by atoms with van der Waals surface area (Å²) in [7, 11) is 0. The van der Waals surface area contributed by atoms with Gasteiger partial charge in [0.2, 0.25) is 5.95 Å². The lowest BCUT2D eigenvalue weighted by Crippen LogP contribution is -2.26. The molecular weight excluding hydrogens is 651 g/mol. The van der Waals surface area contributed by atoms with Crippen LogP contribution in [0, 0.1) is 0 Å². The van der Waals surface area contributed by atoms with Gasteiger partial charge in [0.05, 0.1) is 16.5 Å². The fourth-order valence-corrected chi connectivity index (χ4v) is 9.13. The molecule has 246 valence electrons. The lowest BCUT2D eigenvalue weighted by atomic mass is 9.70. The molecule has 0 unspecified atom stereocenters. The Labute approximate surface area is 304 Å². The zero-order valence-electron chi connectivity index (χ0n) is 28.2. The highest BCUT2D eigenvalue weighted by molar-refractivity contribution is 6.17. The first-order chi connectivity index (χ1) is 26.3. The third kappa shape index (κ3) is 3.66. The van der Waals surface area contributed by atoms with E-state index in [2.05, 4.69) is 103 Å². The Morgan fingerprint density at radius 3 is 1.58 bits per heavy atom. The Kier molecular flexibility index (Phi) is 5.61. The zero-order valence-corrected chi connectivity index (χ0v) is 28.2. The minimum atomic E-state index is -0.508. The fourth-order valence-electron chi connectivity index (χ4n) is 9.13. The van der Waals surface area contributed by atoms with Crippen molar-refractivity contribution in [2.45, 2.75) is 5.41 Å². The number of hydrogen-bond acceptors (Lipinski definition) is 6. The maximum atomic E-state index is 6.59. The van der Waals surface area contributed by atoms with Crippen molar-refractivity contribution in [1.82, 2.24) is 20.1 Å². The summed E-state index contributed by atoms with van der Waals surface area (Å²) in [6, 6.07) is 57.5. The van der Waals surface area contributed by atoms with E-state index in [0.29, 0.717) is 23.4 Å². The molecule has 0 saturated heterocycles. The number of hydrogen-bond donors (Lipinski definition) is 0. The lowest BCUT2D eigenvalue weighted by molar-refractivity contribution is 0.459. The quantitative estimate of drug-likeness (QED) is 0.185. The summed E-state index contributed by atoms with van der Waals surface area (Å²) in [6.07, 6.45) is 0. The number of rotatable bonds is 3. The molecule has 0 radical (unpaired) electrons. The van der Waals surface area contributed by atoms with E-state index in [-0.39, 0.29) is 0 Å². The first kappa shape index (κ1) is 28.5. The first-order valence-electron chi connectivity index (χ1n) is 17.8. The molecule has 0 fully saturated rings. The van der Waals surface area contributed by atoms with Crippen LogP contribution in [0.25, 0.3) is 67.1 Å². The van der Waals surface area contributed by atoms with Crippen LogP contribution in [0.1, 0.15) is 22.3 Å². The van der Waals surface area contributed by atoms with Crippen molar-refractivity contribution in [2.75, 3.05) is 4.90 Å². The van der Waals surface area contributed by atoms with Gasteiger partial charge in [0, 0.05) is 22.3 Å². The molecule has 2 aromatic heterocycles. The van der Waals surface area contributed by atoms with E-state index in [1.165, 1.54) is 33.4 Å². The molecular formula is C47H27N5O. The molecule has 7 aromatic carbocycles. The third-order valence-electron chi connectivity index (χ3n) is 11.2. The number of nitrogens with zero attached hydrogens (tertiary/aromatic N) is 5. The fraction of sp³-hybridized carbons (Fsp3) is 0.0213. The van der Waals surface area contributed by atoms with Crippen molar-refractivity contribution >= 4 is 28.4 Å². The molecule has 3 aliphatic rings. The molecule has 2 aliphatic carbocycles. The van der Waals surface area contributed by atoms with Gasteiger partial charge < -0.3 is 4.52 Å². The standard InChI is InChI=1S/C47H27N5O/c1-3-15-28(16-4-1)43-48-44(29-17-5-2-6-18-29)50-46(49-43)52-39-26-14-10-21-32(39)34-27-38-40(42-41(34)45(52)51-53-42)33-22-9-13-25-37(33)47(38)35-23-11-7-19-30(35)31-20-8-12-24-36(31)47/h1-27H. The van der Waals surface area contributed by atoms with Crippen molar-refractivity contribution in [3.8, 4) is 56.2 Å². The Balaban J connectivity index is 1.17. The van der Waals surface area contributed by atoms with Crippen LogP contribution in [0.5, 0.6) is 0 Å². The van der Waals surface area contributed by atoms with E-state index in [1.807, 2.05) is 65.6 Å². The minimum Gasteiger partial charge on any atom is -0.353 e. The van der Waals surface area contributed by atoms with Gasteiger partial charge in [0.25, 0.3) is 0 Å². The molecule has 1 aliphatic heterocycles. The molecule has 0 N–H and O–H groups in total. The average molecular weight is 678 g/mol. The number of fused-ring (bicyclic) bond motifs is 13. The van der Waals surface area contributed by atoms with Gasteiger partial charge in [-0.15, -0.1) is 0 Å². The first-order valence-corrected chi connectivity index (χ1v) is 17.8. The molecule has 0 amide bonds.